The van der Waals surface area contributed by atoms with Crippen LogP contribution in [0.2, 0.25) is 0 Å². The summed E-state index contributed by atoms with van der Waals surface area (Å²) in [5.74, 6) is -0.262. The molecular weight excluding hydrogens is 368 g/mol. The smallest absolute Gasteiger partial charge is 0.248 e. The zero-order valence-electron chi connectivity index (χ0n) is 15.4. The minimum absolute atomic E-state index is 0.0520. The summed E-state index contributed by atoms with van der Waals surface area (Å²) in [6, 6.07) is 5.34. The number of halogens is 2. The Balaban J connectivity index is 1.54. The van der Waals surface area contributed by atoms with Crippen molar-refractivity contribution in [1.82, 2.24) is 19.7 Å². The fourth-order valence-corrected chi connectivity index (χ4v) is 3.17. The van der Waals surface area contributed by atoms with Gasteiger partial charge in [-0.15, -0.1) is 0 Å². The van der Waals surface area contributed by atoms with E-state index in [4.69, 9.17) is 9.15 Å². The topological polar surface area (TPSA) is 78.0 Å². The molecule has 7 nitrogen and oxygen atoms in total. The van der Waals surface area contributed by atoms with Crippen molar-refractivity contribution < 1.29 is 17.9 Å². The van der Waals surface area contributed by atoms with Crippen LogP contribution in [0.15, 0.2) is 41.4 Å². The number of pyridine rings is 1. The average Bonchev–Trinajstić information content (AvgIpc) is 3.33. The number of hydrogen-bond donors (Lipinski definition) is 1. The molecule has 3 heterocycles. The van der Waals surface area contributed by atoms with Gasteiger partial charge < -0.3 is 14.5 Å². The molecule has 0 saturated heterocycles. The summed E-state index contributed by atoms with van der Waals surface area (Å²) in [7, 11) is 0. The molecule has 4 rings (SSSR count). The molecule has 0 aromatic carbocycles. The van der Waals surface area contributed by atoms with E-state index in [1.807, 2.05) is 19.2 Å². The lowest BCUT2D eigenvalue weighted by atomic mass is 9.92. The highest BCUT2D eigenvalue weighted by atomic mass is 19.3. The SMILES string of the molecule is Cc1ccn(-c2cc(OCc3cnco3)cc(NC3CCC(F)(F)CC3)n2)n1. The lowest BCUT2D eigenvalue weighted by molar-refractivity contribution is -0.0361. The molecule has 0 aliphatic heterocycles. The fourth-order valence-electron chi connectivity index (χ4n) is 3.17. The van der Waals surface area contributed by atoms with E-state index in [1.54, 1.807) is 23.0 Å². The standard InChI is InChI=1S/C19H21F2N5O2/c1-13-4-7-26(25-13)18-9-15(27-11-16-10-22-12-28-16)8-17(24-18)23-14-2-5-19(20,21)6-3-14/h4,7-10,12,14H,2-3,5-6,11H2,1H3,(H,23,24). The zero-order valence-corrected chi connectivity index (χ0v) is 15.4. The van der Waals surface area contributed by atoms with Gasteiger partial charge in [-0.3, -0.25) is 0 Å². The molecule has 0 bridgehead atoms. The molecule has 9 heteroatoms. The first-order valence-electron chi connectivity index (χ1n) is 9.16. The first kappa shape index (κ1) is 18.4. The van der Waals surface area contributed by atoms with E-state index in [2.05, 4.69) is 20.4 Å². The molecule has 0 amide bonds. The number of oxazole rings is 1. The van der Waals surface area contributed by atoms with Crippen LogP contribution in [0.3, 0.4) is 0 Å². The van der Waals surface area contributed by atoms with Crippen LogP contribution in [0, 0.1) is 6.92 Å². The first-order chi connectivity index (χ1) is 13.5. The van der Waals surface area contributed by atoms with Crippen molar-refractivity contribution in [1.29, 1.82) is 0 Å². The molecule has 1 aliphatic carbocycles. The molecule has 148 valence electrons. The third kappa shape index (κ3) is 4.47. The van der Waals surface area contributed by atoms with E-state index >= 15 is 0 Å². The van der Waals surface area contributed by atoms with Gasteiger partial charge in [0.2, 0.25) is 5.92 Å². The summed E-state index contributed by atoms with van der Waals surface area (Å²) in [4.78, 5) is 8.44. The third-order valence-electron chi connectivity index (χ3n) is 4.68. The fraction of sp³-hybridized carbons (Fsp3) is 0.421. The highest BCUT2D eigenvalue weighted by Crippen LogP contribution is 2.34. The number of nitrogens with zero attached hydrogens (tertiary/aromatic N) is 4. The normalized spacial score (nSPS) is 16.8. The molecular formula is C19H21F2N5O2. The Labute approximate surface area is 160 Å². The number of anilines is 1. The highest BCUT2D eigenvalue weighted by molar-refractivity contribution is 5.47. The van der Waals surface area contributed by atoms with Crippen LogP contribution in [-0.4, -0.2) is 31.7 Å². The lowest BCUT2D eigenvalue weighted by Gasteiger charge is -2.29. The highest BCUT2D eigenvalue weighted by Gasteiger charge is 2.35. The maximum atomic E-state index is 13.4. The third-order valence-corrected chi connectivity index (χ3v) is 4.68. The van der Waals surface area contributed by atoms with Gasteiger partial charge in [0.05, 0.1) is 11.9 Å². The van der Waals surface area contributed by atoms with E-state index in [-0.39, 0.29) is 25.5 Å². The van der Waals surface area contributed by atoms with Gasteiger partial charge in [0.15, 0.2) is 18.0 Å². The Hall–Kier alpha value is -2.97. The lowest BCUT2D eigenvalue weighted by Crippen LogP contribution is -2.32. The van der Waals surface area contributed by atoms with Crippen molar-refractivity contribution in [3.63, 3.8) is 0 Å². The molecule has 3 aromatic heterocycles. The van der Waals surface area contributed by atoms with Crippen LogP contribution in [0.5, 0.6) is 5.75 Å². The van der Waals surface area contributed by atoms with Gasteiger partial charge in [-0.2, -0.15) is 5.10 Å². The van der Waals surface area contributed by atoms with Gasteiger partial charge in [0, 0.05) is 37.2 Å². The Bertz CT molecular complexity index is 916. The number of alkyl halides is 2. The maximum absolute atomic E-state index is 13.4. The van der Waals surface area contributed by atoms with Gasteiger partial charge in [-0.05, 0) is 25.8 Å². The number of nitrogens with one attached hydrogen (secondary N) is 1. The van der Waals surface area contributed by atoms with Crippen molar-refractivity contribution in [3.05, 3.63) is 48.4 Å². The van der Waals surface area contributed by atoms with E-state index in [0.29, 0.717) is 36.0 Å². The van der Waals surface area contributed by atoms with Crippen molar-refractivity contribution in [2.75, 3.05) is 5.32 Å². The maximum Gasteiger partial charge on any atom is 0.248 e. The molecule has 1 N–H and O–H groups in total. The van der Waals surface area contributed by atoms with Crippen LogP contribution in [0.1, 0.15) is 37.1 Å². The van der Waals surface area contributed by atoms with Crippen LogP contribution in [-0.2, 0) is 6.61 Å². The number of rotatable bonds is 6. The van der Waals surface area contributed by atoms with Gasteiger partial charge in [-0.25, -0.2) is 23.4 Å². The molecule has 0 spiro atoms. The van der Waals surface area contributed by atoms with Gasteiger partial charge in [-0.1, -0.05) is 0 Å². The summed E-state index contributed by atoms with van der Waals surface area (Å²) in [5.41, 5.74) is 0.860. The Morgan fingerprint density at radius 3 is 2.82 bits per heavy atom. The van der Waals surface area contributed by atoms with E-state index < -0.39 is 5.92 Å². The number of hydrogen-bond acceptors (Lipinski definition) is 6. The molecule has 0 radical (unpaired) electrons. The molecule has 1 saturated carbocycles. The zero-order chi connectivity index (χ0) is 19.6. The van der Waals surface area contributed by atoms with Crippen molar-refractivity contribution in [3.8, 4) is 11.6 Å². The summed E-state index contributed by atoms with van der Waals surface area (Å²) in [5, 5.41) is 7.65. The predicted octanol–water partition coefficient (Wildman–Crippen LogP) is 4.13. The molecule has 3 aromatic rings. The summed E-state index contributed by atoms with van der Waals surface area (Å²) >= 11 is 0. The van der Waals surface area contributed by atoms with Gasteiger partial charge in [0.1, 0.15) is 18.2 Å². The van der Waals surface area contributed by atoms with Gasteiger partial charge >= 0.3 is 0 Å². The van der Waals surface area contributed by atoms with Crippen molar-refractivity contribution in [2.24, 2.45) is 0 Å². The predicted molar refractivity (Wildman–Crippen MR) is 97.8 cm³/mol. The monoisotopic (exact) mass is 389 g/mol. The van der Waals surface area contributed by atoms with Crippen LogP contribution < -0.4 is 10.1 Å². The van der Waals surface area contributed by atoms with E-state index in [1.165, 1.54) is 6.39 Å². The minimum Gasteiger partial charge on any atom is -0.485 e. The quantitative estimate of drug-likeness (QED) is 0.683. The number of aryl methyl sites for hydroxylation is 1. The van der Waals surface area contributed by atoms with Crippen LogP contribution in [0.25, 0.3) is 5.82 Å². The Morgan fingerprint density at radius 1 is 1.32 bits per heavy atom. The molecule has 0 atom stereocenters. The second-order valence-corrected chi connectivity index (χ2v) is 6.98. The molecule has 28 heavy (non-hydrogen) atoms. The summed E-state index contributed by atoms with van der Waals surface area (Å²) in [6.07, 6.45) is 5.30. The number of ether oxygens (including phenoxy) is 1. The van der Waals surface area contributed by atoms with Crippen LogP contribution in [0.4, 0.5) is 14.6 Å². The number of aromatic nitrogens is 4. The molecule has 1 fully saturated rings. The Morgan fingerprint density at radius 2 is 2.14 bits per heavy atom. The molecule has 0 unspecified atom stereocenters. The second kappa shape index (κ2) is 7.57. The Kier molecular flexibility index (Phi) is 4.97. The van der Waals surface area contributed by atoms with E-state index in [0.717, 1.165) is 5.69 Å². The largest absolute Gasteiger partial charge is 0.485 e. The van der Waals surface area contributed by atoms with Crippen LogP contribution >= 0.6 is 0 Å². The van der Waals surface area contributed by atoms with Gasteiger partial charge in [0.25, 0.3) is 0 Å². The average molecular weight is 389 g/mol. The van der Waals surface area contributed by atoms with Crippen molar-refractivity contribution >= 4 is 5.82 Å². The second-order valence-electron chi connectivity index (χ2n) is 6.98. The van der Waals surface area contributed by atoms with E-state index in [9.17, 15) is 8.78 Å². The summed E-state index contributed by atoms with van der Waals surface area (Å²) < 4.78 is 39.5. The van der Waals surface area contributed by atoms with Crippen molar-refractivity contribution in [2.45, 2.75) is 51.2 Å². The first-order valence-corrected chi connectivity index (χ1v) is 9.16. The minimum atomic E-state index is -2.56. The summed E-state index contributed by atoms with van der Waals surface area (Å²) in [6.45, 7) is 2.11. The molecule has 1 aliphatic rings.